The fourth-order valence-corrected chi connectivity index (χ4v) is 4.55. The minimum Gasteiger partial charge on any atom is -0.390 e. The Morgan fingerprint density at radius 3 is 2.52 bits per heavy atom. The SMILES string of the molecule is CC(C)(C)c1c(-c2ccncc2)sc(N)c1-c1cccc(NC(=O)CBr)c1. The number of thiophene rings is 1. The number of nitrogens with two attached hydrogens (primary N) is 1. The molecule has 3 rings (SSSR count). The molecule has 2 aromatic heterocycles. The van der Waals surface area contributed by atoms with E-state index in [-0.39, 0.29) is 16.7 Å². The predicted molar refractivity (Wildman–Crippen MR) is 119 cm³/mol. The number of hydrogen-bond acceptors (Lipinski definition) is 4. The molecule has 0 aliphatic rings. The van der Waals surface area contributed by atoms with Crippen molar-refractivity contribution in [2.75, 3.05) is 16.4 Å². The van der Waals surface area contributed by atoms with Crippen LogP contribution in [0.15, 0.2) is 48.8 Å². The third kappa shape index (κ3) is 4.22. The zero-order valence-corrected chi connectivity index (χ0v) is 17.9. The first-order valence-corrected chi connectivity index (χ1v) is 10.5. The smallest absolute Gasteiger partial charge is 0.235 e. The van der Waals surface area contributed by atoms with Crippen LogP contribution in [0, 0.1) is 0 Å². The van der Waals surface area contributed by atoms with E-state index in [4.69, 9.17) is 5.73 Å². The van der Waals surface area contributed by atoms with Crippen LogP contribution < -0.4 is 11.1 Å². The molecule has 27 heavy (non-hydrogen) atoms. The molecule has 0 saturated carbocycles. The Labute approximate surface area is 172 Å². The number of alkyl halides is 1. The van der Waals surface area contributed by atoms with Crippen LogP contribution in [0.1, 0.15) is 26.3 Å². The topological polar surface area (TPSA) is 68.0 Å². The van der Waals surface area contributed by atoms with E-state index < -0.39 is 0 Å². The van der Waals surface area contributed by atoms with E-state index in [1.807, 2.05) is 36.4 Å². The molecule has 0 aliphatic carbocycles. The zero-order chi connectivity index (χ0) is 19.6. The third-order valence-electron chi connectivity index (χ3n) is 4.18. The van der Waals surface area contributed by atoms with E-state index in [2.05, 4.69) is 47.0 Å². The lowest BCUT2D eigenvalue weighted by Gasteiger charge is -2.23. The average molecular weight is 444 g/mol. The van der Waals surface area contributed by atoms with Crippen molar-refractivity contribution in [2.45, 2.75) is 26.2 Å². The monoisotopic (exact) mass is 443 g/mol. The number of nitrogens with one attached hydrogen (secondary N) is 1. The number of anilines is 2. The van der Waals surface area contributed by atoms with Crippen LogP contribution >= 0.6 is 27.3 Å². The first-order valence-electron chi connectivity index (χ1n) is 8.60. The van der Waals surface area contributed by atoms with Crippen LogP contribution in [0.4, 0.5) is 10.7 Å². The molecule has 4 nitrogen and oxygen atoms in total. The van der Waals surface area contributed by atoms with Crippen molar-refractivity contribution in [3.8, 4) is 21.6 Å². The highest BCUT2D eigenvalue weighted by Gasteiger charge is 2.28. The number of nitrogens with zero attached hydrogens (tertiary/aromatic N) is 1. The fourth-order valence-electron chi connectivity index (χ4n) is 3.10. The van der Waals surface area contributed by atoms with E-state index in [1.54, 1.807) is 23.7 Å². The summed E-state index contributed by atoms with van der Waals surface area (Å²) in [5.41, 5.74) is 11.5. The molecule has 6 heteroatoms. The van der Waals surface area contributed by atoms with Crippen LogP contribution in [0.5, 0.6) is 0 Å². The number of amides is 1. The minimum atomic E-state index is -0.100. The number of hydrogen-bond donors (Lipinski definition) is 2. The molecule has 0 bridgehead atoms. The molecule has 0 unspecified atom stereocenters. The van der Waals surface area contributed by atoms with Crippen LogP contribution in [0.3, 0.4) is 0 Å². The molecule has 3 aromatic rings. The van der Waals surface area contributed by atoms with Crippen LogP contribution in [0.25, 0.3) is 21.6 Å². The molecule has 0 spiro atoms. The Morgan fingerprint density at radius 1 is 1.19 bits per heavy atom. The van der Waals surface area contributed by atoms with Gasteiger partial charge < -0.3 is 11.1 Å². The zero-order valence-electron chi connectivity index (χ0n) is 15.5. The summed E-state index contributed by atoms with van der Waals surface area (Å²) in [7, 11) is 0. The predicted octanol–water partition coefficient (Wildman–Crippen LogP) is 5.69. The Kier molecular flexibility index (Phi) is 5.67. The summed E-state index contributed by atoms with van der Waals surface area (Å²) in [4.78, 5) is 17.0. The van der Waals surface area contributed by atoms with Gasteiger partial charge in [-0.1, -0.05) is 48.8 Å². The maximum absolute atomic E-state index is 11.7. The van der Waals surface area contributed by atoms with Crippen LogP contribution in [-0.2, 0) is 10.2 Å². The van der Waals surface area contributed by atoms with Crippen molar-refractivity contribution in [2.24, 2.45) is 0 Å². The van der Waals surface area contributed by atoms with Gasteiger partial charge in [-0.25, -0.2) is 0 Å². The molecule has 0 saturated heterocycles. The van der Waals surface area contributed by atoms with Gasteiger partial charge in [-0.05, 0) is 46.4 Å². The fraction of sp³-hybridized carbons (Fsp3) is 0.238. The molecular formula is C21H22BrN3OS. The van der Waals surface area contributed by atoms with Gasteiger partial charge in [0, 0.05) is 28.5 Å². The van der Waals surface area contributed by atoms with Gasteiger partial charge in [-0.2, -0.15) is 0 Å². The van der Waals surface area contributed by atoms with Gasteiger partial charge in [-0.15, -0.1) is 11.3 Å². The number of nitrogen functional groups attached to an aromatic ring is 1. The first-order chi connectivity index (χ1) is 12.8. The average Bonchev–Trinajstić information content (AvgIpc) is 3.00. The van der Waals surface area contributed by atoms with Crippen LogP contribution in [-0.4, -0.2) is 16.2 Å². The molecule has 0 aliphatic heterocycles. The van der Waals surface area contributed by atoms with E-state index in [0.29, 0.717) is 0 Å². The summed E-state index contributed by atoms with van der Waals surface area (Å²) < 4.78 is 0. The summed E-state index contributed by atoms with van der Waals surface area (Å²) in [6, 6.07) is 11.9. The van der Waals surface area contributed by atoms with Gasteiger partial charge in [0.2, 0.25) is 5.91 Å². The van der Waals surface area contributed by atoms with Crippen molar-refractivity contribution in [1.29, 1.82) is 0 Å². The van der Waals surface area contributed by atoms with Gasteiger partial charge >= 0.3 is 0 Å². The summed E-state index contributed by atoms with van der Waals surface area (Å²) in [5, 5.41) is 3.92. The molecule has 0 fully saturated rings. The molecule has 2 heterocycles. The van der Waals surface area contributed by atoms with E-state index >= 15 is 0 Å². The standard InChI is InChI=1S/C21H22BrN3OS/c1-21(2,3)18-17(14-5-4-6-15(11-14)25-16(26)12-22)20(23)27-19(18)13-7-9-24-10-8-13/h4-11H,12,23H2,1-3H3,(H,25,26). The van der Waals surface area contributed by atoms with Gasteiger partial charge in [0.25, 0.3) is 0 Å². The Morgan fingerprint density at radius 2 is 1.89 bits per heavy atom. The van der Waals surface area contributed by atoms with Gasteiger partial charge in [0.1, 0.15) is 0 Å². The molecule has 0 atom stereocenters. The lowest BCUT2D eigenvalue weighted by Crippen LogP contribution is -2.13. The van der Waals surface area contributed by atoms with Crippen molar-refractivity contribution in [3.63, 3.8) is 0 Å². The molecule has 1 amide bonds. The molecule has 1 aromatic carbocycles. The number of pyridine rings is 1. The highest BCUT2D eigenvalue weighted by molar-refractivity contribution is 9.09. The van der Waals surface area contributed by atoms with E-state index in [1.165, 1.54) is 5.56 Å². The highest BCUT2D eigenvalue weighted by Crippen LogP contribution is 2.49. The van der Waals surface area contributed by atoms with E-state index in [0.717, 1.165) is 32.3 Å². The summed E-state index contributed by atoms with van der Waals surface area (Å²) in [6.45, 7) is 6.58. The maximum atomic E-state index is 11.7. The van der Waals surface area contributed by atoms with Gasteiger partial charge in [-0.3, -0.25) is 9.78 Å². The number of aromatic nitrogens is 1. The van der Waals surface area contributed by atoms with Crippen molar-refractivity contribution in [1.82, 2.24) is 4.98 Å². The number of rotatable bonds is 4. The molecule has 3 N–H and O–H groups in total. The Bertz CT molecular complexity index is 961. The summed E-state index contributed by atoms with van der Waals surface area (Å²) in [6.07, 6.45) is 3.60. The molecular weight excluding hydrogens is 422 g/mol. The third-order valence-corrected chi connectivity index (χ3v) is 5.76. The van der Waals surface area contributed by atoms with Crippen molar-refractivity contribution < 1.29 is 4.79 Å². The maximum Gasteiger partial charge on any atom is 0.235 e. The largest absolute Gasteiger partial charge is 0.390 e. The number of carbonyl (C=O) groups excluding carboxylic acids is 1. The molecule has 0 radical (unpaired) electrons. The summed E-state index contributed by atoms with van der Waals surface area (Å²) in [5.74, 6) is -0.0843. The Balaban J connectivity index is 2.18. The van der Waals surface area contributed by atoms with Crippen molar-refractivity contribution in [3.05, 3.63) is 54.4 Å². The van der Waals surface area contributed by atoms with Crippen LogP contribution in [0.2, 0.25) is 0 Å². The lowest BCUT2D eigenvalue weighted by molar-refractivity contribution is -0.113. The number of carbonyl (C=O) groups is 1. The number of halogens is 1. The van der Waals surface area contributed by atoms with Gasteiger partial charge in [0.05, 0.1) is 10.3 Å². The van der Waals surface area contributed by atoms with Gasteiger partial charge in [0.15, 0.2) is 0 Å². The second-order valence-corrected chi connectivity index (χ2v) is 8.91. The second-order valence-electron chi connectivity index (χ2n) is 7.29. The lowest BCUT2D eigenvalue weighted by atomic mass is 9.81. The first kappa shape index (κ1) is 19.6. The quantitative estimate of drug-likeness (QED) is 0.508. The minimum absolute atomic E-state index is 0.0843. The summed E-state index contributed by atoms with van der Waals surface area (Å²) >= 11 is 4.77. The normalized spacial score (nSPS) is 11.4. The molecule has 140 valence electrons. The highest BCUT2D eigenvalue weighted by atomic mass is 79.9. The van der Waals surface area contributed by atoms with E-state index in [9.17, 15) is 4.79 Å². The number of benzene rings is 1. The second kappa shape index (κ2) is 7.82. The Hall–Kier alpha value is -2.18. The van der Waals surface area contributed by atoms with Crippen molar-refractivity contribution >= 4 is 43.9 Å².